The topological polar surface area (TPSA) is 0 Å². The molecule has 4 aromatic rings. The first-order chi connectivity index (χ1) is 14.1. The Morgan fingerprint density at radius 1 is 0.483 bits per heavy atom. The van der Waals surface area contributed by atoms with E-state index in [1.165, 1.54) is 50.1 Å². The predicted molar refractivity (Wildman–Crippen MR) is 125 cm³/mol. The molecule has 0 fully saturated rings. The van der Waals surface area contributed by atoms with Gasteiger partial charge in [-0.1, -0.05) is 96.6 Å². The van der Waals surface area contributed by atoms with Crippen molar-refractivity contribution in [2.75, 3.05) is 0 Å². The van der Waals surface area contributed by atoms with Crippen molar-refractivity contribution in [1.82, 2.24) is 0 Å². The van der Waals surface area contributed by atoms with E-state index in [4.69, 9.17) is 0 Å². The van der Waals surface area contributed by atoms with Crippen molar-refractivity contribution >= 4 is 0 Å². The smallest absolute Gasteiger partial charge is 0.0155 e. The fraction of sp³-hybridized carbons (Fsp3) is 0.172. The highest BCUT2D eigenvalue weighted by molar-refractivity contribution is 5.68. The SMILES string of the molecule is Cc1ccc(-c2ccc(CCc3ccc(-c4ccccc4C)cc3)cc2)c(C)c1. The molecule has 0 N–H and O–H groups in total. The van der Waals surface area contributed by atoms with Crippen LogP contribution in [0.15, 0.2) is 91.0 Å². The minimum Gasteiger partial charge on any atom is -0.0620 e. The van der Waals surface area contributed by atoms with Gasteiger partial charge in [0.2, 0.25) is 0 Å². The van der Waals surface area contributed by atoms with Crippen LogP contribution in [0.2, 0.25) is 0 Å². The number of hydrogen-bond donors (Lipinski definition) is 0. The molecule has 0 heteroatoms. The molecule has 4 aromatic carbocycles. The summed E-state index contributed by atoms with van der Waals surface area (Å²) >= 11 is 0. The molecule has 0 unspecified atom stereocenters. The first-order valence-corrected chi connectivity index (χ1v) is 10.4. The van der Waals surface area contributed by atoms with Crippen LogP contribution in [0.1, 0.15) is 27.8 Å². The zero-order chi connectivity index (χ0) is 20.2. The Balaban J connectivity index is 1.42. The van der Waals surface area contributed by atoms with Gasteiger partial charge in [-0.15, -0.1) is 0 Å². The Bertz CT molecular complexity index is 1100. The average molecular weight is 377 g/mol. The van der Waals surface area contributed by atoms with Gasteiger partial charge in [0, 0.05) is 0 Å². The normalized spacial score (nSPS) is 10.9. The fourth-order valence-electron chi connectivity index (χ4n) is 4.02. The van der Waals surface area contributed by atoms with E-state index in [-0.39, 0.29) is 0 Å². The highest BCUT2D eigenvalue weighted by Crippen LogP contribution is 2.26. The maximum atomic E-state index is 2.27. The van der Waals surface area contributed by atoms with Crippen LogP contribution >= 0.6 is 0 Å². The zero-order valence-corrected chi connectivity index (χ0v) is 17.6. The van der Waals surface area contributed by atoms with Gasteiger partial charge in [0.1, 0.15) is 0 Å². The summed E-state index contributed by atoms with van der Waals surface area (Å²) in [6, 6.07) is 33.4. The van der Waals surface area contributed by atoms with Crippen LogP contribution in [0.3, 0.4) is 0 Å². The molecule has 0 saturated heterocycles. The van der Waals surface area contributed by atoms with Gasteiger partial charge in [-0.25, -0.2) is 0 Å². The first-order valence-electron chi connectivity index (χ1n) is 10.4. The molecule has 0 spiro atoms. The summed E-state index contributed by atoms with van der Waals surface area (Å²) in [6.07, 6.45) is 2.13. The van der Waals surface area contributed by atoms with Crippen LogP contribution in [0.5, 0.6) is 0 Å². The van der Waals surface area contributed by atoms with Crippen LogP contribution in [-0.4, -0.2) is 0 Å². The molecule has 0 amide bonds. The van der Waals surface area contributed by atoms with Gasteiger partial charge in [-0.2, -0.15) is 0 Å². The second kappa shape index (κ2) is 8.49. The van der Waals surface area contributed by atoms with E-state index in [1.807, 2.05) is 0 Å². The Hall–Kier alpha value is -3.12. The van der Waals surface area contributed by atoms with Crippen LogP contribution in [0.4, 0.5) is 0 Å². The van der Waals surface area contributed by atoms with E-state index in [0.717, 1.165) is 12.8 Å². The van der Waals surface area contributed by atoms with Gasteiger partial charge in [0.15, 0.2) is 0 Å². The van der Waals surface area contributed by atoms with Gasteiger partial charge >= 0.3 is 0 Å². The lowest BCUT2D eigenvalue weighted by molar-refractivity contribution is 0.961. The lowest BCUT2D eigenvalue weighted by Crippen LogP contribution is -1.92. The third-order valence-corrected chi connectivity index (χ3v) is 5.76. The van der Waals surface area contributed by atoms with Crippen molar-refractivity contribution in [3.05, 3.63) is 119 Å². The highest BCUT2D eigenvalue weighted by Gasteiger charge is 2.04. The Labute approximate surface area is 174 Å². The lowest BCUT2D eigenvalue weighted by Gasteiger charge is -2.09. The summed E-state index contributed by atoms with van der Waals surface area (Å²) in [5.74, 6) is 0. The minimum atomic E-state index is 1.07. The number of benzene rings is 4. The van der Waals surface area contributed by atoms with Crippen molar-refractivity contribution in [2.24, 2.45) is 0 Å². The molecule has 4 rings (SSSR count). The maximum Gasteiger partial charge on any atom is -0.0155 e. The number of hydrogen-bond acceptors (Lipinski definition) is 0. The molecular weight excluding hydrogens is 348 g/mol. The van der Waals surface area contributed by atoms with E-state index in [2.05, 4.69) is 112 Å². The lowest BCUT2D eigenvalue weighted by atomic mass is 9.96. The second-order valence-electron chi connectivity index (χ2n) is 8.03. The van der Waals surface area contributed by atoms with Crippen LogP contribution in [-0.2, 0) is 12.8 Å². The summed E-state index contributed by atoms with van der Waals surface area (Å²) in [4.78, 5) is 0. The summed E-state index contributed by atoms with van der Waals surface area (Å²) in [5, 5.41) is 0. The van der Waals surface area contributed by atoms with E-state index < -0.39 is 0 Å². The molecule has 144 valence electrons. The Kier molecular flexibility index (Phi) is 5.62. The largest absolute Gasteiger partial charge is 0.0620 e. The monoisotopic (exact) mass is 376 g/mol. The third-order valence-electron chi connectivity index (χ3n) is 5.76. The maximum absolute atomic E-state index is 2.27. The summed E-state index contributed by atoms with van der Waals surface area (Å²) < 4.78 is 0. The predicted octanol–water partition coefficient (Wildman–Crippen LogP) is 7.73. The van der Waals surface area contributed by atoms with Crippen molar-refractivity contribution in [3.8, 4) is 22.3 Å². The van der Waals surface area contributed by atoms with Crippen LogP contribution in [0, 0.1) is 20.8 Å². The number of aryl methyl sites for hydroxylation is 5. The summed E-state index contributed by atoms with van der Waals surface area (Å²) in [7, 11) is 0. The molecule has 0 aromatic heterocycles. The van der Waals surface area contributed by atoms with E-state index >= 15 is 0 Å². The first kappa shape index (κ1) is 19.2. The zero-order valence-electron chi connectivity index (χ0n) is 17.6. The van der Waals surface area contributed by atoms with E-state index in [1.54, 1.807) is 0 Å². The second-order valence-corrected chi connectivity index (χ2v) is 8.03. The molecule has 0 aliphatic rings. The minimum absolute atomic E-state index is 1.07. The molecule has 0 aliphatic carbocycles. The summed E-state index contributed by atoms with van der Waals surface area (Å²) in [6.45, 7) is 6.51. The Morgan fingerprint density at radius 2 is 1.00 bits per heavy atom. The molecule has 0 bridgehead atoms. The van der Waals surface area contributed by atoms with Crippen LogP contribution < -0.4 is 0 Å². The van der Waals surface area contributed by atoms with E-state index in [9.17, 15) is 0 Å². The Morgan fingerprint density at radius 3 is 1.52 bits per heavy atom. The van der Waals surface area contributed by atoms with Gasteiger partial charge in [0.05, 0.1) is 0 Å². The van der Waals surface area contributed by atoms with Crippen molar-refractivity contribution in [2.45, 2.75) is 33.6 Å². The van der Waals surface area contributed by atoms with Crippen molar-refractivity contribution in [1.29, 1.82) is 0 Å². The molecule has 0 nitrogen and oxygen atoms in total. The van der Waals surface area contributed by atoms with Crippen molar-refractivity contribution in [3.63, 3.8) is 0 Å². The summed E-state index contributed by atoms with van der Waals surface area (Å²) in [5.41, 5.74) is 12.0. The standard InChI is InChI=1S/C29H28/c1-21-8-19-29(23(3)20-21)27-17-13-25(14-18-27)10-9-24-11-15-26(16-12-24)28-7-5-4-6-22(28)2/h4-8,11-20H,9-10H2,1-3H3. The molecular formula is C29H28. The molecule has 29 heavy (non-hydrogen) atoms. The van der Waals surface area contributed by atoms with Gasteiger partial charge in [-0.05, 0) is 78.1 Å². The third kappa shape index (κ3) is 4.49. The molecule has 0 atom stereocenters. The van der Waals surface area contributed by atoms with Gasteiger partial charge < -0.3 is 0 Å². The average Bonchev–Trinajstić information content (AvgIpc) is 2.74. The van der Waals surface area contributed by atoms with Gasteiger partial charge in [0.25, 0.3) is 0 Å². The molecule has 0 radical (unpaired) electrons. The van der Waals surface area contributed by atoms with Gasteiger partial charge in [-0.3, -0.25) is 0 Å². The van der Waals surface area contributed by atoms with E-state index in [0.29, 0.717) is 0 Å². The fourth-order valence-corrected chi connectivity index (χ4v) is 4.02. The molecule has 0 heterocycles. The quantitative estimate of drug-likeness (QED) is 0.334. The number of rotatable bonds is 5. The molecule has 0 aliphatic heterocycles. The van der Waals surface area contributed by atoms with Crippen molar-refractivity contribution < 1.29 is 0 Å². The molecule has 0 saturated carbocycles. The van der Waals surface area contributed by atoms with Crippen LogP contribution in [0.25, 0.3) is 22.3 Å². The highest BCUT2D eigenvalue weighted by atomic mass is 14.1.